The van der Waals surface area contributed by atoms with Crippen molar-refractivity contribution in [3.63, 3.8) is 0 Å². The molecule has 2 rings (SSSR count). The number of rotatable bonds is 4. The molecule has 2 heterocycles. The minimum atomic E-state index is -0.181. The van der Waals surface area contributed by atoms with Crippen LogP contribution in [0.2, 0.25) is 5.15 Å². The number of carbonyl (C=O) groups excluding carboxylic acids is 1. The molecule has 0 atom stereocenters. The molecule has 0 saturated carbocycles. The van der Waals surface area contributed by atoms with E-state index < -0.39 is 0 Å². The van der Waals surface area contributed by atoms with Crippen LogP contribution < -0.4 is 10.6 Å². The van der Waals surface area contributed by atoms with E-state index >= 15 is 0 Å². The number of halogens is 1. The van der Waals surface area contributed by atoms with E-state index in [9.17, 15) is 4.79 Å². The van der Waals surface area contributed by atoms with Crippen molar-refractivity contribution in [2.45, 2.75) is 6.42 Å². The summed E-state index contributed by atoms with van der Waals surface area (Å²) in [4.78, 5) is 23.4. The monoisotopic (exact) mass is 299 g/mol. The van der Waals surface area contributed by atoms with E-state index in [0.29, 0.717) is 24.5 Å². The van der Waals surface area contributed by atoms with Crippen LogP contribution in [-0.4, -0.2) is 60.7 Å². The fraction of sp³-hybridized carbons (Fsp3) is 0.583. The number of nitrogens with zero attached hydrogens (tertiary/aromatic N) is 4. The first kappa shape index (κ1) is 14.8. The number of ether oxygens (including phenoxy) is 1. The highest BCUT2D eigenvalue weighted by molar-refractivity contribution is 6.32. The second-order valence-corrected chi connectivity index (χ2v) is 4.91. The number of piperazine rings is 1. The number of methoxy groups -OCH3 is 1. The maximum atomic E-state index is 11.1. The Bertz CT molecular complexity index is 477. The molecule has 7 nitrogen and oxygen atoms in total. The number of esters is 1. The van der Waals surface area contributed by atoms with Crippen molar-refractivity contribution in [2.75, 3.05) is 50.5 Å². The molecule has 1 fully saturated rings. The second-order valence-electron chi connectivity index (χ2n) is 4.56. The Hall–Kier alpha value is -1.60. The maximum Gasteiger partial charge on any atom is 0.306 e. The first-order valence-electron chi connectivity index (χ1n) is 6.42. The highest BCUT2D eigenvalue weighted by Crippen LogP contribution is 2.26. The molecule has 0 spiro atoms. The summed E-state index contributed by atoms with van der Waals surface area (Å²) in [5.41, 5.74) is 6.31. The van der Waals surface area contributed by atoms with Crippen LogP contribution >= 0.6 is 11.6 Å². The zero-order valence-electron chi connectivity index (χ0n) is 11.4. The van der Waals surface area contributed by atoms with Crippen LogP contribution in [0, 0.1) is 0 Å². The Labute approximate surface area is 122 Å². The molecule has 0 unspecified atom stereocenters. The van der Waals surface area contributed by atoms with Crippen molar-refractivity contribution >= 4 is 29.1 Å². The standard InChI is InChI=1S/C12H18ClN5O2/c1-20-9(19)2-3-17-4-6-18(7-5-17)12-10(14)11(13)15-8-16-12/h8H,2-7,14H2,1H3. The molecule has 1 aliphatic heterocycles. The zero-order valence-corrected chi connectivity index (χ0v) is 12.1. The average Bonchev–Trinajstić information content (AvgIpc) is 2.48. The Morgan fingerprint density at radius 3 is 2.75 bits per heavy atom. The third-order valence-corrected chi connectivity index (χ3v) is 3.65. The zero-order chi connectivity index (χ0) is 14.5. The van der Waals surface area contributed by atoms with Gasteiger partial charge in [0.2, 0.25) is 0 Å². The number of anilines is 2. The van der Waals surface area contributed by atoms with Gasteiger partial charge >= 0.3 is 5.97 Å². The summed E-state index contributed by atoms with van der Waals surface area (Å²) in [5.74, 6) is 0.497. The van der Waals surface area contributed by atoms with Crippen LogP contribution in [0.1, 0.15) is 6.42 Å². The first-order chi connectivity index (χ1) is 9.61. The SMILES string of the molecule is COC(=O)CCN1CCN(c2ncnc(Cl)c2N)CC1. The Morgan fingerprint density at radius 2 is 2.10 bits per heavy atom. The molecular weight excluding hydrogens is 282 g/mol. The molecule has 0 amide bonds. The van der Waals surface area contributed by atoms with Crippen LogP contribution in [0.25, 0.3) is 0 Å². The number of nitrogen functional groups attached to an aromatic ring is 1. The van der Waals surface area contributed by atoms with Crippen molar-refractivity contribution in [1.29, 1.82) is 0 Å². The largest absolute Gasteiger partial charge is 0.469 e. The predicted molar refractivity (Wildman–Crippen MR) is 76.7 cm³/mol. The fourth-order valence-corrected chi connectivity index (χ4v) is 2.28. The fourth-order valence-electron chi connectivity index (χ4n) is 2.15. The van der Waals surface area contributed by atoms with Gasteiger partial charge in [-0.15, -0.1) is 0 Å². The number of carbonyl (C=O) groups is 1. The van der Waals surface area contributed by atoms with Gasteiger partial charge < -0.3 is 15.4 Å². The van der Waals surface area contributed by atoms with Gasteiger partial charge in [0, 0.05) is 32.7 Å². The highest BCUT2D eigenvalue weighted by Gasteiger charge is 2.21. The van der Waals surface area contributed by atoms with Gasteiger partial charge in [-0.25, -0.2) is 9.97 Å². The van der Waals surface area contributed by atoms with E-state index in [0.717, 1.165) is 26.2 Å². The Balaban J connectivity index is 1.88. The molecule has 0 aromatic carbocycles. The van der Waals surface area contributed by atoms with Crippen molar-refractivity contribution in [3.05, 3.63) is 11.5 Å². The molecule has 1 aliphatic rings. The molecule has 1 aromatic rings. The summed E-state index contributed by atoms with van der Waals surface area (Å²) < 4.78 is 4.64. The highest BCUT2D eigenvalue weighted by atomic mass is 35.5. The third kappa shape index (κ3) is 3.49. The quantitative estimate of drug-likeness (QED) is 0.636. The summed E-state index contributed by atoms with van der Waals surface area (Å²) in [6.07, 6.45) is 1.83. The smallest absolute Gasteiger partial charge is 0.306 e. The lowest BCUT2D eigenvalue weighted by Crippen LogP contribution is -2.47. The van der Waals surface area contributed by atoms with E-state index in [4.69, 9.17) is 17.3 Å². The normalized spacial score (nSPS) is 16.2. The predicted octanol–water partition coefficient (Wildman–Crippen LogP) is 0.397. The van der Waals surface area contributed by atoms with E-state index in [-0.39, 0.29) is 11.1 Å². The molecule has 2 N–H and O–H groups in total. The van der Waals surface area contributed by atoms with Crippen LogP contribution in [0.3, 0.4) is 0 Å². The summed E-state index contributed by atoms with van der Waals surface area (Å²) in [6.45, 7) is 3.98. The van der Waals surface area contributed by atoms with Gasteiger partial charge in [0.25, 0.3) is 0 Å². The van der Waals surface area contributed by atoms with Crippen molar-refractivity contribution < 1.29 is 9.53 Å². The Morgan fingerprint density at radius 1 is 1.40 bits per heavy atom. The molecule has 1 saturated heterocycles. The number of nitrogens with two attached hydrogens (primary N) is 1. The van der Waals surface area contributed by atoms with Gasteiger partial charge in [-0.1, -0.05) is 11.6 Å². The lowest BCUT2D eigenvalue weighted by atomic mass is 10.2. The summed E-state index contributed by atoms with van der Waals surface area (Å²) in [7, 11) is 1.40. The van der Waals surface area contributed by atoms with E-state index in [1.807, 2.05) is 0 Å². The maximum absolute atomic E-state index is 11.1. The molecular formula is C12H18ClN5O2. The lowest BCUT2D eigenvalue weighted by molar-refractivity contribution is -0.141. The number of aromatic nitrogens is 2. The minimum absolute atomic E-state index is 0.181. The first-order valence-corrected chi connectivity index (χ1v) is 6.79. The third-order valence-electron chi connectivity index (χ3n) is 3.35. The summed E-state index contributed by atoms with van der Waals surface area (Å²) in [6, 6.07) is 0. The van der Waals surface area contributed by atoms with Gasteiger partial charge in [0.15, 0.2) is 11.0 Å². The van der Waals surface area contributed by atoms with E-state index in [1.54, 1.807) is 0 Å². The molecule has 20 heavy (non-hydrogen) atoms. The molecule has 0 bridgehead atoms. The molecule has 1 aromatic heterocycles. The van der Waals surface area contributed by atoms with Crippen LogP contribution in [0.4, 0.5) is 11.5 Å². The molecule has 0 aliphatic carbocycles. The molecule has 110 valence electrons. The van der Waals surface area contributed by atoms with Crippen LogP contribution in [-0.2, 0) is 9.53 Å². The van der Waals surface area contributed by atoms with Crippen molar-refractivity contribution in [3.8, 4) is 0 Å². The van der Waals surface area contributed by atoms with E-state index in [1.165, 1.54) is 13.4 Å². The van der Waals surface area contributed by atoms with Crippen LogP contribution in [0.15, 0.2) is 6.33 Å². The minimum Gasteiger partial charge on any atom is -0.469 e. The van der Waals surface area contributed by atoms with Crippen molar-refractivity contribution in [1.82, 2.24) is 14.9 Å². The van der Waals surface area contributed by atoms with Gasteiger partial charge in [-0.05, 0) is 0 Å². The van der Waals surface area contributed by atoms with E-state index in [2.05, 4.69) is 24.5 Å². The van der Waals surface area contributed by atoms with Gasteiger partial charge in [0.05, 0.1) is 13.5 Å². The van der Waals surface area contributed by atoms with Gasteiger partial charge in [-0.3, -0.25) is 9.69 Å². The van der Waals surface area contributed by atoms with Gasteiger partial charge in [-0.2, -0.15) is 0 Å². The number of hydrogen-bond acceptors (Lipinski definition) is 7. The van der Waals surface area contributed by atoms with Gasteiger partial charge in [0.1, 0.15) is 12.0 Å². The Kier molecular flexibility index (Phi) is 4.97. The lowest BCUT2D eigenvalue weighted by Gasteiger charge is -2.35. The summed E-state index contributed by atoms with van der Waals surface area (Å²) >= 11 is 5.90. The van der Waals surface area contributed by atoms with Crippen LogP contribution in [0.5, 0.6) is 0 Å². The topological polar surface area (TPSA) is 84.6 Å². The molecule has 8 heteroatoms. The number of hydrogen-bond donors (Lipinski definition) is 1. The molecule has 0 radical (unpaired) electrons. The average molecular weight is 300 g/mol. The second kappa shape index (κ2) is 6.71. The summed E-state index contributed by atoms with van der Waals surface area (Å²) in [5, 5.41) is 0.281. The van der Waals surface area contributed by atoms with Crippen molar-refractivity contribution in [2.24, 2.45) is 0 Å².